The normalized spacial score (nSPS) is 13.0. The van der Waals surface area contributed by atoms with E-state index in [2.05, 4.69) is 35.8 Å². The van der Waals surface area contributed by atoms with Crippen LogP contribution in [0.2, 0.25) is 0 Å². The summed E-state index contributed by atoms with van der Waals surface area (Å²) in [6, 6.07) is 17.7. The van der Waals surface area contributed by atoms with Crippen molar-refractivity contribution >= 4 is 23.5 Å². The highest BCUT2D eigenvalue weighted by Crippen LogP contribution is 2.14. The van der Waals surface area contributed by atoms with Crippen molar-refractivity contribution in [1.29, 1.82) is 0 Å². The van der Waals surface area contributed by atoms with E-state index in [1.54, 1.807) is 11.8 Å². The number of amides is 1. The quantitative estimate of drug-likeness (QED) is 0.660. The van der Waals surface area contributed by atoms with Gasteiger partial charge in [-0.1, -0.05) is 42.5 Å². The Hall–Kier alpha value is -2.11. The van der Waals surface area contributed by atoms with E-state index >= 15 is 0 Å². The van der Waals surface area contributed by atoms with E-state index in [0.717, 1.165) is 17.0 Å². The molecule has 2 rings (SSSR count). The largest absolute Gasteiger partial charge is 0.341 e. The molecule has 1 amide bonds. The zero-order valence-electron chi connectivity index (χ0n) is 15.6. The molecule has 0 aliphatic rings. The van der Waals surface area contributed by atoms with E-state index in [9.17, 15) is 9.59 Å². The molecule has 0 aliphatic heterocycles. The number of rotatable bonds is 9. The number of hydrogen-bond donors (Lipinski definition) is 2. The SMILES string of the molecule is CSc1ccc(C[NH+](C)CC(=O)N[C@@H](Cc2ccccc2)C(C)=O)cc1. The molecule has 26 heavy (non-hydrogen) atoms. The van der Waals surface area contributed by atoms with Crippen LogP contribution in [0.25, 0.3) is 0 Å². The van der Waals surface area contributed by atoms with Gasteiger partial charge in [0, 0.05) is 10.5 Å². The van der Waals surface area contributed by atoms with Crippen LogP contribution >= 0.6 is 11.8 Å². The lowest BCUT2D eigenvalue weighted by atomic mass is 10.0. The van der Waals surface area contributed by atoms with Crippen LogP contribution < -0.4 is 10.2 Å². The van der Waals surface area contributed by atoms with Crippen LogP contribution in [0.3, 0.4) is 0 Å². The van der Waals surface area contributed by atoms with Crippen LogP contribution in [0.4, 0.5) is 0 Å². The highest BCUT2D eigenvalue weighted by molar-refractivity contribution is 7.98. The fourth-order valence-electron chi connectivity index (χ4n) is 2.82. The second-order valence-corrected chi connectivity index (χ2v) is 7.46. The number of ketones is 1. The van der Waals surface area contributed by atoms with Crippen molar-refractivity contribution in [1.82, 2.24) is 5.32 Å². The molecule has 0 aliphatic carbocycles. The Labute approximate surface area is 160 Å². The molecule has 4 nitrogen and oxygen atoms in total. The first-order valence-corrected chi connectivity index (χ1v) is 9.98. The van der Waals surface area contributed by atoms with Crippen molar-refractivity contribution in [2.45, 2.75) is 30.8 Å². The van der Waals surface area contributed by atoms with Gasteiger partial charge >= 0.3 is 0 Å². The van der Waals surface area contributed by atoms with Crippen molar-refractivity contribution in [3.8, 4) is 0 Å². The second-order valence-electron chi connectivity index (χ2n) is 6.58. The van der Waals surface area contributed by atoms with Gasteiger partial charge in [-0.05, 0) is 37.3 Å². The van der Waals surface area contributed by atoms with Gasteiger partial charge < -0.3 is 10.2 Å². The standard InChI is InChI=1S/C21H26N2O2S/c1-16(24)20(13-17-7-5-4-6-8-17)22-21(25)15-23(2)14-18-9-11-19(26-3)12-10-18/h4-12,20H,13-15H2,1-3H3,(H,22,25)/p+1/t20-/m0/s1. The van der Waals surface area contributed by atoms with Crippen LogP contribution in [0.5, 0.6) is 0 Å². The van der Waals surface area contributed by atoms with E-state index in [1.165, 1.54) is 17.4 Å². The highest BCUT2D eigenvalue weighted by atomic mass is 32.2. The molecule has 0 aromatic heterocycles. The number of thioether (sulfide) groups is 1. The summed E-state index contributed by atoms with van der Waals surface area (Å²) >= 11 is 1.71. The predicted octanol–water partition coefficient (Wildman–Crippen LogP) is 1.74. The van der Waals surface area contributed by atoms with Gasteiger partial charge in [0.15, 0.2) is 12.3 Å². The van der Waals surface area contributed by atoms with Gasteiger partial charge in [-0.3, -0.25) is 9.59 Å². The number of likely N-dealkylation sites (N-methyl/N-ethyl adjacent to an activating group) is 1. The Balaban J connectivity index is 1.87. The lowest BCUT2D eigenvalue weighted by molar-refractivity contribution is -0.885. The van der Waals surface area contributed by atoms with Gasteiger partial charge in [-0.2, -0.15) is 0 Å². The van der Waals surface area contributed by atoms with E-state index in [4.69, 9.17) is 0 Å². The molecule has 0 fully saturated rings. The molecule has 0 spiro atoms. The molecule has 0 radical (unpaired) electrons. The second kappa shape index (κ2) is 10.1. The molecule has 0 bridgehead atoms. The Bertz CT molecular complexity index is 717. The first-order valence-electron chi connectivity index (χ1n) is 8.76. The molecule has 0 saturated heterocycles. The average molecular weight is 372 g/mol. The molecule has 2 aromatic carbocycles. The van der Waals surface area contributed by atoms with Crippen LogP contribution in [0.15, 0.2) is 59.5 Å². The molecule has 2 atom stereocenters. The maximum Gasteiger partial charge on any atom is 0.275 e. The molecule has 2 aromatic rings. The van der Waals surface area contributed by atoms with Crippen molar-refractivity contribution in [2.24, 2.45) is 0 Å². The number of quaternary nitrogens is 1. The van der Waals surface area contributed by atoms with Crippen LogP contribution in [0.1, 0.15) is 18.1 Å². The summed E-state index contributed by atoms with van der Waals surface area (Å²) in [5.41, 5.74) is 2.24. The minimum atomic E-state index is -0.474. The summed E-state index contributed by atoms with van der Waals surface area (Å²) in [7, 11) is 1.99. The number of carbonyl (C=O) groups is 2. The third-order valence-electron chi connectivity index (χ3n) is 4.24. The lowest BCUT2D eigenvalue weighted by Crippen LogP contribution is -3.09. The third-order valence-corrected chi connectivity index (χ3v) is 4.98. The van der Waals surface area contributed by atoms with Gasteiger partial charge in [-0.25, -0.2) is 0 Å². The zero-order chi connectivity index (χ0) is 18.9. The molecule has 0 heterocycles. The highest BCUT2D eigenvalue weighted by Gasteiger charge is 2.19. The Kier molecular flexibility index (Phi) is 7.88. The van der Waals surface area contributed by atoms with E-state index in [-0.39, 0.29) is 11.7 Å². The number of carbonyl (C=O) groups excluding carboxylic acids is 2. The molecule has 138 valence electrons. The fourth-order valence-corrected chi connectivity index (χ4v) is 3.23. The summed E-state index contributed by atoms with van der Waals surface area (Å²) in [6.45, 7) is 2.63. The third kappa shape index (κ3) is 6.65. The van der Waals surface area contributed by atoms with Crippen molar-refractivity contribution in [3.05, 3.63) is 65.7 Å². The van der Waals surface area contributed by atoms with E-state index < -0.39 is 6.04 Å². The zero-order valence-corrected chi connectivity index (χ0v) is 16.4. The summed E-state index contributed by atoms with van der Waals surface area (Å²) in [4.78, 5) is 26.6. The number of hydrogen-bond acceptors (Lipinski definition) is 3. The minimum absolute atomic E-state index is 0.0208. The minimum Gasteiger partial charge on any atom is -0.341 e. The number of Topliss-reactive ketones (excluding diaryl/α,β-unsaturated/α-hetero) is 1. The molecule has 1 unspecified atom stereocenters. The fraction of sp³-hybridized carbons (Fsp3) is 0.333. The number of nitrogens with one attached hydrogen (secondary N) is 2. The smallest absolute Gasteiger partial charge is 0.275 e. The Morgan fingerprint density at radius 2 is 1.69 bits per heavy atom. The molecular formula is C21H27N2O2S+. The van der Waals surface area contributed by atoms with E-state index in [1.807, 2.05) is 37.4 Å². The summed E-state index contributed by atoms with van der Waals surface area (Å²) < 4.78 is 0. The van der Waals surface area contributed by atoms with Gasteiger partial charge in [0.25, 0.3) is 5.91 Å². The van der Waals surface area contributed by atoms with Crippen molar-refractivity contribution in [2.75, 3.05) is 19.8 Å². The van der Waals surface area contributed by atoms with Crippen LogP contribution in [-0.2, 0) is 22.6 Å². The van der Waals surface area contributed by atoms with Gasteiger partial charge in [0.2, 0.25) is 0 Å². The van der Waals surface area contributed by atoms with Gasteiger partial charge in [-0.15, -0.1) is 11.8 Å². The van der Waals surface area contributed by atoms with Crippen LogP contribution in [-0.4, -0.2) is 37.6 Å². The Morgan fingerprint density at radius 1 is 1.04 bits per heavy atom. The molecular weight excluding hydrogens is 344 g/mol. The lowest BCUT2D eigenvalue weighted by Gasteiger charge is -2.18. The molecule has 2 N–H and O–H groups in total. The first kappa shape index (κ1) is 20.2. The van der Waals surface area contributed by atoms with Crippen molar-refractivity contribution in [3.63, 3.8) is 0 Å². The summed E-state index contributed by atoms with van der Waals surface area (Å²) in [5, 5.41) is 2.89. The summed E-state index contributed by atoms with van der Waals surface area (Å²) in [6.07, 6.45) is 2.58. The molecule has 0 saturated carbocycles. The topological polar surface area (TPSA) is 50.6 Å². The summed E-state index contributed by atoms with van der Waals surface area (Å²) in [5.74, 6) is -0.119. The number of benzene rings is 2. The predicted molar refractivity (Wildman–Crippen MR) is 106 cm³/mol. The molecule has 5 heteroatoms. The maximum absolute atomic E-state index is 12.4. The average Bonchev–Trinajstić information content (AvgIpc) is 2.62. The first-order chi connectivity index (χ1) is 12.5. The monoisotopic (exact) mass is 371 g/mol. The van der Waals surface area contributed by atoms with Crippen LogP contribution in [0, 0.1) is 0 Å². The maximum atomic E-state index is 12.4. The van der Waals surface area contributed by atoms with Gasteiger partial charge in [0.05, 0.1) is 13.1 Å². The van der Waals surface area contributed by atoms with Crippen molar-refractivity contribution < 1.29 is 14.5 Å². The van der Waals surface area contributed by atoms with E-state index in [0.29, 0.717) is 13.0 Å². The Morgan fingerprint density at radius 3 is 2.27 bits per heavy atom. The van der Waals surface area contributed by atoms with Gasteiger partial charge in [0.1, 0.15) is 6.54 Å².